The van der Waals surface area contributed by atoms with Gasteiger partial charge in [0.25, 0.3) is 0 Å². The standard InChI is InChI=1S/C19H21N3O3/c1-11-2-8-14(9-3-11)21-19(25)20-10-22-17(23)15-12-4-5-13(7-6-12)16(15)18(22)24/h2-5,8-9,12-13,15-16H,6-7,10H2,1H3,(H2,20,21,25). The van der Waals surface area contributed by atoms with Gasteiger partial charge >= 0.3 is 6.03 Å². The topological polar surface area (TPSA) is 78.5 Å². The van der Waals surface area contributed by atoms with Crippen LogP contribution in [0.25, 0.3) is 0 Å². The van der Waals surface area contributed by atoms with Crippen LogP contribution in [0.15, 0.2) is 36.4 Å². The number of carbonyl (C=O) groups excluding carboxylic acids is 3. The van der Waals surface area contributed by atoms with Gasteiger partial charge in [-0.3, -0.25) is 14.5 Å². The van der Waals surface area contributed by atoms with Gasteiger partial charge in [-0.15, -0.1) is 0 Å². The number of imide groups is 1. The van der Waals surface area contributed by atoms with Gasteiger partial charge in [0, 0.05) is 5.69 Å². The Balaban J connectivity index is 1.38. The fraction of sp³-hybridized carbons (Fsp3) is 0.421. The molecule has 1 heterocycles. The van der Waals surface area contributed by atoms with E-state index in [1.807, 2.05) is 19.1 Å². The molecule has 1 aromatic carbocycles. The molecule has 4 amide bonds. The fourth-order valence-corrected chi connectivity index (χ4v) is 4.25. The molecule has 4 aliphatic rings. The van der Waals surface area contributed by atoms with Gasteiger partial charge in [0.2, 0.25) is 11.8 Å². The van der Waals surface area contributed by atoms with E-state index in [1.165, 1.54) is 4.90 Å². The number of anilines is 1. The lowest BCUT2D eigenvalue weighted by molar-refractivity contribution is -0.140. The van der Waals surface area contributed by atoms with Gasteiger partial charge in [-0.1, -0.05) is 29.8 Å². The minimum atomic E-state index is -0.430. The smallest absolute Gasteiger partial charge is 0.320 e. The number of allylic oxidation sites excluding steroid dienone is 2. The third kappa shape index (κ3) is 2.71. The Morgan fingerprint density at radius 1 is 1.04 bits per heavy atom. The van der Waals surface area contributed by atoms with Gasteiger partial charge in [0.1, 0.15) is 6.67 Å². The predicted molar refractivity (Wildman–Crippen MR) is 92.4 cm³/mol. The third-order valence-electron chi connectivity index (χ3n) is 5.56. The summed E-state index contributed by atoms with van der Waals surface area (Å²) >= 11 is 0. The van der Waals surface area contributed by atoms with Crippen LogP contribution in [0.5, 0.6) is 0 Å². The number of carbonyl (C=O) groups is 3. The van der Waals surface area contributed by atoms with Crippen LogP contribution >= 0.6 is 0 Å². The number of nitrogens with one attached hydrogen (secondary N) is 2. The molecule has 4 unspecified atom stereocenters. The van der Waals surface area contributed by atoms with Crippen LogP contribution in [0.2, 0.25) is 0 Å². The van der Waals surface area contributed by atoms with Crippen LogP contribution in [0.3, 0.4) is 0 Å². The normalized spacial score (nSPS) is 29.7. The Morgan fingerprint density at radius 2 is 1.60 bits per heavy atom. The van der Waals surface area contributed by atoms with Crippen molar-refractivity contribution in [1.82, 2.24) is 10.2 Å². The maximum Gasteiger partial charge on any atom is 0.320 e. The van der Waals surface area contributed by atoms with Crippen LogP contribution in [-0.4, -0.2) is 29.4 Å². The number of urea groups is 1. The molecule has 1 aromatic rings. The first-order valence-electron chi connectivity index (χ1n) is 8.69. The molecule has 0 spiro atoms. The molecular weight excluding hydrogens is 318 g/mol. The van der Waals surface area contributed by atoms with Gasteiger partial charge in [-0.2, -0.15) is 0 Å². The third-order valence-corrected chi connectivity index (χ3v) is 5.56. The van der Waals surface area contributed by atoms with E-state index < -0.39 is 6.03 Å². The van der Waals surface area contributed by atoms with Crippen molar-refractivity contribution in [3.63, 3.8) is 0 Å². The number of hydrogen-bond acceptors (Lipinski definition) is 3. The van der Waals surface area contributed by atoms with E-state index in [4.69, 9.17) is 0 Å². The van der Waals surface area contributed by atoms with Gasteiger partial charge in [0.05, 0.1) is 11.8 Å². The molecule has 6 heteroatoms. The summed E-state index contributed by atoms with van der Waals surface area (Å²) in [7, 11) is 0. The van der Waals surface area contributed by atoms with Crippen molar-refractivity contribution in [2.24, 2.45) is 23.7 Å². The van der Waals surface area contributed by atoms with Crippen LogP contribution in [-0.2, 0) is 9.59 Å². The zero-order chi connectivity index (χ0) is 17.6. The summed E-state index contributed by atoms with van der Waals surface area (Å²) in [5, 5.41) is 5.33. The molecular formula is C19H21N3O3. The highest BCUT2D eigenvalue weighted by atomic mass is 16.2. The average molecular weight is 339 g/mol. The number of amides is 4. The number of fused-ring (bicyclic) bond motifs is 1. The SMILES string of the molecule is Cc1ccc(NC(=O)NCN2C(=O)C3C4C=CC(CC4)C3C2=O)cc1. The monoisotopic (exact) mass is 339 g/mol. The molecule has 1 aliphatic heterocycles. The minimum absolute atomic E-state index is 0.0815. The second-order valence-electron chi connectivity index (χ2n) is 7.10. The molecule has 1 saturated carbocycles. The highest BCUT2D eigenvalue weighted by Crippen LogP contribution is 2.49. The number of hydrogen-bond donors (Lipinski definition) is 2. The molecule has 1 saturated heterocycles. The van der Waals surface area contributed by atoms with Crippen LogP contribution < -0.4 is 10.6 Å². The number of likely N-dealkylation sites (tertiary alicyclic amines) is 1. The van der Waals surface area contributed by atoms with E-state index in [-0.39, 0.29) is 42.2 Å². The first kappa shape index (κ1) is 15.9. The van der Waals surface area contributed by atoms with Gasteiger partial charge in [-0.05, 0) is 43.7 Å². The first-order chi connectivity index (χ1) is 12.0. The summed E-state index contributed by atoms with van der Waals surface area (Å²) < 4.78 is 0. The zero-order valence-corrected chi connectivity index (χ0v) is 14.1. The molecule has 5 rings (SSSR count). The molecule has 0 radical (unpaired) electrons. The van der Waals surface area contributed by atoms with Crippen LogP contribution in [0, 0.1) is 30.6 Å². The van der Waals surface area contributed by atoms with Gasteiger partial charge in [-0.25, -0.2) is 4.79 Å². The Hall–Kier alpha value is -2.63. The Bertz CT molecular complexity index is 724. The molecule has 6 nitrogen and oxygen atoms in total. The Labute approximate surface area is 146 Å². The zero-order valence-electron chi connectivity index (χ0n) is 14.1. The maximum absolute atomic E-state index is 12.6. The van der Waals surface area contributed by atoms with Crippen molar-refractivity contribution in [1.29, 1.82) is 0 Å². The first-order valence-corrected chi connectivity index (χ1v) is 8.69. The average Bonchev–Trinajstić information content (AvgIpc) is 2.89. The van der Waals surface area contributed by atoms with Crippen molar-refractivity contribution in [2.75, 3.05) is 12.0 Å². The Kier molecular flexibility index (Phi) is 3.82. The van der Waals surface area contributed by atoms with E-state index in [2.05, 4.69) is 22.8 Å². The molecule has 2 fully saturated rings. The molecule has 2 N–H and O–H groups in total. The molecule has 2 bridgehead atoms. The minimum Gasteiger partial charge on any atom is -0.320 e. The van der Waals surface area contributed by atoms with Crippen molar-refractivity contribution in [3.05, 3.63) is 42.0 Å². The van der Waals surface area contributed by atoms with Crippen LogP contribution in [0.1, 0.15) is 18.4 Å². The van der Waals surface area contributed by atoms with Crippen molar-refractivity contribution >= 4 is 23.5 Å². The molecule has 0 aromatic heterocycles. The lowest BCUT2D eigenvalue weighted by Crippen LogP contribution is -2.43. The summed E-state index contributed by atoms with van der Waals surface area (Å²) in [6.07, 6.45) is 6.11. The number of benzene rings is 1. The maximum atomic E-state index is 12.6. The highest BCUT2D eigenvalue weighted by molar-refractivity contribution is 6.06. The number of rotatable bonds is 3. The second kappa shape index (κ2) is 6.02. The summed E-state index contributed by atoms with van der Waals surface area (Å²) in [5.41, 5.74) is 1.77. The largest absolute Gasteiger partial charge is 0.320 e. The Morgan fingerprint density at radius 3 is 2.12 bits per heavy atom. The molecule has 3 aliphatic carbocycles. The predicted octanol–water partition coefficient (Wildman–Crippen LogP) is 2.27. The van der Waals surface area contributed by atoms with E-state index in [0.29, 0.717) is 5.69 Å². The van der Waals surface area contributed by atoms with Crippen molar-refractivity contribution in [3.8, 4) is 0 Å². The highest BCUT2D eigenvalue weighted by Gasteiger charge is 2.56. The van der Waals surface area contributed by atoms with E-state index in [0.717, 1.165) is 18.4 Å². The van der Waals surface area contributed by atoms with Gasteiger partial charge < -0.3 is 10.6 Å². The summed E-state index contributed by atoms with van der Waals surface area (Å²) in [6.45, 7) is 1.89. The van der Waals surface area contributed by atoms with Crippen molar-refractivity contribution < 1.29 is 14.4 Å². The summed E-state index contributed by atoms with van der Waals surface area (Å²) in [5.74, 6) is -0.443. The van der Waals surface area contributed by atoms with Crippen LogP contribution in [0.4, 0.5) is 10.5 Å². The quantitative estimate of drug-likeness (QED) is 0.655. The number of aryl methyl sites for hydroxylation is 1. The summed E-state index contributed by atoms with van der Waals surface area (Å²) in [4.78, 5) is 38.5. The molecule has 130 valence electrons. The fourth-order valence-electron chi connectivity index (χ4n) is 4.25. The number of nitrogens with zero attached hydrogens (tertiary/aromatic N) is 1. The lowest BCUT2D eigenvalue weighted by atomic mass is 9.63. The molecule has 4 atom stereocenters. The van der Waals surface area contributed by atoms with Crippen molar-refractivity contribution in [2.45, 2.75) is 19.8 Å². The van der Waals surface area contributed by atoms with E-state index >= 15 is 0 Å². The lowest BCUT2D eigenvalue weighted by Gasteiger charge is -2.38. The van der Waals surface area contributed by atoms with E-state index in [1.54, 1.807) is 12.1 Å². The second-order valence-corrected chi connectivity index (χ2v) is 7.10. The molecule has 25 heavy (non-hydrogen) atoms. The van der Waals surface area contributed by atoms with E-state index in [9.17, 15) is 14.4 Å². The summed E-state index contributed by atoms with van der Waals surface area (Å²) in [6, 6.07) is 6.98. The van der Waals surface area contributed by atoms with Gasteiger partial charge in [0.15, 0.2) is 0 Å².